The number of nitrogens with zero attached hydrogens (tertiary/aromatic N) is 2. The Labute approximate surface area is 144 Å². The van der Waals surface area contributed by atoms with E-state index in [2.05, 4.69) is 10.0 Å². The van der Waals surface area contributed by atoms with Gasteiger partial charge in [-0.2, -0.15) is 0 Å². The molecular weight excluding hydrogens is 332 g/mol. The lowest BCUT2D eigenvalue weighted by molar-refractivity contribution is -0.131. The molecule has 0 aromatic carbocycles. The van der Waals surface area contributed by atoms with Crippen molar-refractivity contribution in [1.82, 2.24) is 19.8 Å². The Hall–Kier alpha value is -1.35. The third-order valence-electron chi connectivity index (χ3n) is 4.68. The van der Waals surface area contributed by atoms with Gasteiger partial charge in [0.25, 0.3) is 0 Å². The fourth-order valence-corrected chi connectivity index (χ4v) is 3.60. The van der Waals surface area contributed by atoms with Crippen molar-refractivity contribution in [2.75, 3.05) is 38.5 Å². The van der Waals surface area contributed by atoms with Crippen LogP contribution in [0.5, 0.6) is 0 Å². The van der Waals surface area contributed by atoms with E-state index in [-0.39, 0.29) is 30.3 Å². The molecule has 2 rings (SSSR count). The minimum atomic E-state index is -3.37. The van der Waals surface area contributed by atoms with Crippen molar-refractivity contribution in [3.05, 3.63) is 0 Å². The third kappa shape index (κ3) is 5.62. The molecule has 0 radical (unpaired) electrons. The molecule has 0 spiro atoms. The minimum Gasteiger partial charge on any atom is -0.338 e. The summed E-state index contributed by atoms with van der Waals surface area (Å²) < 4.78 is 25.0. The van der Waals surface area contributed by atoms with Crippen LogP contribution < -0.4 is 10.0 Å². The summed E-state index contributed by atoms with van der Waals surface area (Å²) in [5.41, 5.74) is 0. The van der Waals surface area contributed by atoms with E-state index < -0.39 is 10.0 Å². The largest absolute Gasteiger partial charge is 0.338 e. The SMILES string of the molecule is CCS(=O)(=O)NCC(=O)N1CCN(C(=O)NC2CCCCC2)CC1. The van der Waals surface area contributed by atoms with Crippen LogP contribution in [0.25, 0.3) is 0 Å². The number of carbonyl (C=O) groups is 2. The second-order valence-corrected chi connectivity index (χ2v) is 8.47. The van der Waals surface area contributed by atoms with Crippen LogP contribution >= 0.6 is 0 Å². The van der Waals surface area contributed by atoms with Gasteiger partial charge in [-0.1, -0.05) is 19.3 Å². The van der Waals surface area contributed by atoms with Crippen LogP contribution in [0.3, 0.4) is 0 Å². The summed E-state index contributed by atoms with van der Waals surface area (Å²) in [6, 6.07) is 0.218. The lowest BCUT2D eigenvalue weighted by atomic mass is 9.96. The molecule has 0 aromatic rings. The van der Waals surface area contributed by atoms with Gasteiger partial charge in [0, 0.05) is 32.2 Å². The molecule has 0 atom stereocenters. The molecule has 8 nitrogen and oxygen atoms in total. The molecule has 0 bridgehead atoms. The van der Waals surface area contributed by atoms with E-state index in [1.807, 2.05) is 0 Å². The van der Waals surface area contributed by atoms with Gasteiger partial charge in [-0.25, -0.2) is 17.9 Å². The Morgan fingerprint density at radius 3 is 2.17 bits per heavy atom. The maximum atomic E-state index is 12.3. The van der Waals surface area contributed by atoms with Gasteiger partial charge in [-0.05, 0) is 19.8 Å². The molecule has 1 saturated carbocycles. The summed E-state index contributed by atoms with van der Waals surface area (Å²) in [7, 11) is -3.37. The molecule has 3 amide bonds. The number of sulfonamides is 1. The zero-order valence-corrected chi connectivity index (χ0v) is 15.1. The first-order valence-corrected chi connectivity index (χ1v) is 10.4. The summed E-state index contributed by atoms with van der Waals surface area (Å²) in [5, 5.41) is 3.08. The van der Waals surface area contributed by atoms with Crippen LogP contribution in [0.4, 0.5) is 4.79 Å². The van der Waals surface area contributed by atoms with Crippen LogP contribution in [-0.2, 0) is 14.8 Å². The van der Waals surface area contributed by atoms with Crippen molar-refractivity contribution in [3.8, 4) is 0 Å². The number of nitrogens with one attached hydrogen (secondary N) is 2. The first kappa shape index (κ1) is 19.0. The standard InChI is InChI=1S/C15H28N4O4S/c1-2-24(22,23)16-12-14(20)18-8-10-19(11-9-18)15(21)17-13-6-4-3-5-7-13/h13,16H,2-12H2,1H3,(H,17,21). The van der Waals surface area contributed by atoms with Crippen LogP contribution in [0, 0.1) is 0 Å². The predicted octanol–water partition coefficient (Wildman–Crippen LogP) is 0.112. The summed E-state index contributed by atoms with van der Waals surface area (Å²) in [4.78, 5) is 27.6. The van der Waals surface area contributed by atoms with Gasteiger partial charge < -0.3 is 15.1 Å². The second-order valence-electron chi connectivity index (χ2n) is 6.38. The van der Waals surface area contributed by atoms with E-state index in [1.54, 1.807) is 9.80 Å². The highest BCUT2D eigenvalue weighted by Gasteiger charge is 2.26. The summed E-state index contributed by atoms with van der Waals surface area (Å²) in [5.74, 6) is -0.297. The topological polar surface area (TPSA) is 98.8 Å². The zero-order chi connectivity index (χ0) is 17.6. The zero-order valence-electron chi connectivity index (χ0n) is 14.3. The Morgan fingerprint density at radius 1 is 1.00 bits per heavy atom. The Balaban J connectivity index is 1.72. The van der Waals surface area contributed by atoms with Gasteiger partial charge in [0.1, 0.15) is 0 Å². The molecule has 138 valence electrons. The number of hydrogen-bond donors (Lipinski definition) is 2. The molecule has 2 aliphatic rings. The van der Waals surface area contributed by atoms with E-state index in [0.717, 1.165) is 12.8 Å². The molecule has 24 heavy (non-hydrogen) atoms. The predicted molar refractivity (Wildman–Crippen MR) is 91.0 cm³/mol. The number of hydrogen-bond acceptors (Lipinski definition) is 4. The van der Waals surface area contributed by atoms with Crippen LogP contribution in [0.1, 0.15) is 39.0 Å². The first-order valence-electron chi connectivity index (χ1n) is 8.72. The molecule has 1 heterocycles. The smallest absolute Gasteiger partial charge is 0.317 e. The van der Waals surface area contributed by atoms with Crippen LogP contribution in [0.2, 0.25) is 0 Å². The van der Waals surface area contributed by atoms with Crippen molar-refractivity contribution in [3.63, 3.8) is 0 Å². The second kappa shape index (κ2) is 8.66. The quantitative estimate of drug-likeness (QED) is 0.727. The average molecular weight is 360 g/mol. The number of amides is 3. The van der Waals surface area contributed by atoms with E-state index in [9.17, 15) is 18.0 Å². The van der Waals surface area contributed by atoms with Gasteiger partial charge in [-0.15, -0.1) is 0 Å². The molecule has 0 unspecified atom stereocenters. The average Bonchev–Trinajstić information content (AvgIpc) is 2.61. The van der Waals surface area contributed by atoms with Crippen molar-refractivity contribution in [2.24, 2.45) is 0 Å². The van der Waals surface area contributed by atoms with Gasteiger partial charge >= 0.3 is 6.03 Å². The fraction of sp³-hybridized carbons (Fsp3) is 0.867. The normalized spacial score (nSPS) is 20.0. The fourth-order valence-electron chi connectivity index (χ4n) is 3.06. The van der Waals surface area contributed by atoms with E-state index >= 15 is 0 Å². The molecule has 2 N–H and O–H groups in total. The van der Waals surface area contributed by atoms with Crippen molar-refractivity contribution in [1.29, 1.82) is 0 Å². The summed E-state index contributed by atoms with van der Waals surface area (Å²) in [6.07, 6.45) is 5.67. The molecule has 1 aliphatic heterocycles. The molecule has 9 heteroatoms. The van der Waals surface area contributed by atoms with E-state index in [1.165, 1.54) is 26.2 Å². The van der Waals surface area contributed by atoms with E-state index in [0.29, 0.717) is 26.2 Å². The van der Waals surface area contributed by atoms with Crippen LogP contribution in [-0.4, -0.2) is 74.7 Å². The monoisotopic (exact) mass is 360 g/mol. The maximum Gasteiger partial charge on any atom is 0.317 e. The number of rotatable bonds is 5. The highest BCUT2D eigenvalue weighted by molar-refractivity contribution is 7.89. The lowest BCUT2D eigenvalue weighted by Crippen LogP contribution is -2.55. The number of urea groups is 1. The van der Waals surface area contributed by atoms with Gasteiger partial charge in [0.15, 0.2) is 0 Å². The number of piperazine rings is 1. The Bertz CT molecular complexity index is 538. The van der Waals surface area contributed by atoms with Crippen molar-refractivity contribution >= 4 is 22.0 Å². The van der Waals surface area contributed by atoms with Crippen LogP contribution in [0.15, 0.2) is 0 Å². The third-order valence-corrected chi connectivity index (χ3v) is 6.02. The number of carbonyl (C=O) groups excluding carboxylic acids is 2. The lowest BCUT2D eigenvalue weighted by Gasteiger charge is -2.36. The molecular formula is C15H28N4O4S. The summed E-state index contributed by atoms with van der Waals surface area (Å²) in [6.45, 7) is 3.13. The van der Waals surface area contributed by atoms with Gasteiger partial charge in [-0.3, -0.25) is 4.79 Å². The summed E-state index contributed by atoms with van der Waals surface area (Å²) >= 11 is 0. The van der Waals surface area contributed by atoms with Crippen molar-refractivity contribution < 1.29 is 18.0 Å². The molecule has 2 fully saturated rings. The highest BCUT2D eigenvalue weighted by Crippen LogP contribution is 2.17. The van der Waals surface area contributed by atoms with Gasteiger partial charge in [0.05, 0.1) is 12.3 Å². The first-order chi connectivity index (χ1) is 11.4. The highest BCUT2D eigenvalue weighted by atomic mass is 32.2. The van der Waals surface area contributed by atoms with Gasteiger partial charge in [0.2, 0.25) is 15.9 Å². The van der Waals surface area contributed by atoms with Crippen molar-refractivity contribution in [2.45, 2.75) is 45.1 Å². The molecule has 0 aromatic heterocycles. The Morgan fingerprint density at radius 2 is 1.58 bits per heavy atom. The minimum absolute atomic E-state index is 0.0462. The molecule has 1 saturated heterocycles. The maximum absolute atomic E-state index is 12.3. The van der Waals surface area contributed by atoms with E-state index in [4.69, 9.17) is 0 Å². The Kier molecular flexibility index (Phi) is 6.85. The molecule has 1 aliphatic carbocycles.